The fourth-order valence-corrected chi connectivity index (χ4v) is 1.33. The lowest BCUT2D eigenvalue weighted by atomic mass is 10.4. The van der Waals surface area contributed by atoms with Gasteiger partial charge in [0.15, 0.2) is 0 Å². The standard InChI is InChI=1S/C5H8F5O4P/c1-2-12-15(11,14-10)13-5(9)3(6)4(7)8/h3-5H,2H2,1H3. The molecule has 0 aromatic rings. The van der Waals surface area contributed by atoms with Crippen LogP contribution in [0, 0.1) is 0 Å². The van der Waals surface area contributed by atoms with Crippen LogP contribution in [0.2, 0.25) is 0 Å². The number of rotatable bonds is 7. The number of halogens is 5. The van der Waals surface area contributed by atoms with Crippen LogP contribution in [-0.2, 0) is 18.3 Å². The monoisotopic (exact) mass is 258 g/mol. The third kappa shape index (κ3) is 4.87. The van der Waals surface area contributed by atoms with Crippen molar-refractivity contribution in [2.75, 3.05) is 6.61 Å². The molecule has 15 heavy (non-hydrogen) atoms. The van der Waals surface area contributed by atoms with Gasteiger partial charge in [-0.1, -0.05) is 4.73 Å². The van der Waals surface area contributed by atoms with Gasteiger partial charge in [0.05, 0.1) is 6.61 Å². The highest BCUT2D eigenvalue weighted by Gasteiger charge is 2.39. The van der Waals surface area contributed by atoms with Crippen LogP contribution in [0.15, 0.2) is 0 Å². The van der Waals surface area contributed by atoms with Crippen molar-refractivity contribution >= 4 is 7.82 Å². The lowest BCUT2D eigenvalue weighted by Crippen LogP contribution is -2.27. The van der Waals surface area contributed by atoms with Gasteiger partial charge in [0, 0.05) is 0 Å². The maximum absolute atomic E-state index is 12.5. The fourth-order valence-electron chi connectivity index (χ4n) is 0.521. The maximum atomic E-state index is 12.5. The molecule has 0 aliphatic heterocycles. The van der Waals surface area contributed by atoms with Gasteiger partial charge in [-0.05, 0) is 11.4 Å². The van der Waals surface area contributed by atoms with E-state index in [0.717, 1.165) is 0 Å². The van der Waals surface area contributed by atoms with Gasteiger partial charge in [-0.15, -0.1) is 0 Å². The summed E-state index contributed by atoms with van der Waals surface area (Å²) in [4.78, 5) is 0. The van der Waals surface area contributed by atoms with Crippen molar-refractivity contribution in [1.82, 2.24) is 0 Å². The summed E-state index contributed by atoms with van der Waals surface area (Å²) in [6.07, 6.45) is -10.4. The molecule has 0 radical (unpaired) electrons. The van der Waals surface area contributed by atoms with E-state index in [-0.39, 0.29) is 0 Å². The Labute approximate surface area is 81.8 Å². The van der Waals surface area contributed by atoms with E-state index < -0.39 is 33.4 Å². The van der Waals surface area contributed by atoms with Crippen molar-refractivity contribution in [3.8, 4) is 0 Å². The Kier molecular flexibility index (Phi) is 6.26. The van der Waals surface area contributed by atoms with Gasteiger partial charge in [-0.25, -0.2) is 26.7 Å². The molecule has 0 bridgehead atoms. The second kappa shape index (κ2) is 6.37. The molecular formula is C5H8F5O4P. The topological polar surface area (TPSA) is 44.8 Å². The first kappa shape index (κ1) is 14.8. The Bertz CT molecular complexity index is 227. The van der Waals surface area contributed by atoms with Gasteiger partial charge in [0.25, 0.3) is 6.43 Å². The Morgan fingerprint density at radius 3 is 2.13 bits per heavy atom. The fraction of sp³-hybridized carbons (Fsp3) is 1.00. The van der Waals surface area contributed by atoms with Gasteiger partial charge in [-0.3, -0.25) is 4.52 Å². The van der Waals surface area contributed by atoms with E-state index in [1.807, 2.05) is 0 Å². The predicted molar refractivity (Wildman–Crippen MR) is 38.3 cm³/mol. The molecule has 0 spiro atoms. The highest BCUT2D eigenvalue weighted by atomic mass is 31.2. The molecule has 3 unspecified atom stereocenters. The number of alkyl halides is 4. The van der Waals surface area contributed by atoms with E-state index in [1.54, 1.807) is 0 Å². The summed E-state index contributed by atoms with van der Waals surface area (Å²) >= 11 is 0. The Morgan fingerprint density at radius 1 is 1.27 bits per heavy atom. The van der Waals surface area contributed by atoms with Crippen LogP contribution >= 0.6 is 7.82 Å². The molecular weight excluding hydrogens is 250 g/mol. The second-order valence-electron chi connectivity index (χ2n) is 2.17. The van der Waals surface area contributed by atoms with Gasteiger partial charge >= 0.3 is 7.82 Å². The largest absolute Gasteiger partial charge is 0.508 e. The van der Waals surface area contributed by atoms with Crippen molar-refractivity contribution in [2.24, 2.45) is 0 Å². The van der Waals surface area contributed by atoms with Crippen LogP contribution < -0.4 is 0 Å². The van der Waals surface area contributed by atoms with Crippen molar-refractivity contribution in [3.63, 3.8) is 0 Å². The molecule has 3 atom stereocenters. The highest BCUT2D eigenvalue weighted by Crippen LogP contribution is 2.51. The van der Waals surface area contributed by atoms with E-state index in [4.69, 9.17) is 0 Å². The third-order valence-electron chi connectivity index (χ3n) is 1.09. The first-order chi connectivity index (χ1) is 6.86. The molecule has 0 aliphatic rings. The maximum Gasteiger partial charge on any atom is 0.508 e. The predicted octanol–water partition coefficient (Wildman–Crippen LogP) is 2.95. The highest BCUT2D eigenvalue weighted by molar-refractivity contribution is 7.48. The normalized spacial score (nSPS) is 19.9. The van der Waals surface area contributed by atoms with Crippen LogP contribution in [-0.4, -0.2) is 25.6 Å². The summed E-state index contributed by atoms with van der Waals surface area (Å²) in [5, 5.41) is 0. The van der Waals surface area contributed by atoms with E-state index in [9.17, 15) is 26.7 Å². The van der Waals surface area contributed by atoms with E-state index in [2.05, 4.69) is 13.8 Å². The summed E-state index contributed by atoms with van der Waals surface area (Å²) in [5.74, 6) is 0. The van der Waals surface area contributed by atoms with Gasteiger partial charge < -0.3 is 0 Å². The first-order valence-corrected chi connectivity index (χ1v) is 5.12. The van der Waals surface area contributed by atoms with Crippen molar-refractivity contribution in [2.45, 2.75) is 25.9 Å². The lowest BCUT2D eigenvalue weighted by Gasteiger charge is -2.17. The molecule has 0 aromatic carbocycles. The molecule has 0 amide bonds. The van der Waals surface area contributed by atoms with Crippen LogP contribution in [0.25, 0.3) is 0 Å². The average molecular weight is 258 g/mol. The molecule has 0 saturated carbocycles. The molecule has 0 aromatic heterocycles. The minimum Gasteiger partial charge on any atom is -0.285 e. The summed E-state index contributed by atoms with van der Waals surface area (Å²) in [7, 11) is -4.96. The first-order valence-electron chi connectivity index (χ1n) is 3.66. The number of phosphoric acid groups is 1. The lowest BCUT2D eigenvalue weighted by molar-refractivity contribution is -0.119. The zero-order valence-corrected chi connectivity index (χ0v) is 8.30. The van der Waals surface area contributed by atoms with Crippen LogP contribution in [0.5, 0.6) is 0 Å². The van der Waals surface area contributed by atoms with Crippen molar-refractivity contribution in [1.29, 1.82) is 0 Å². The molecule has 0 saturated heterocycles. The van der Waals surface area contributed by atoms with Crippen molar-refractivity contribution in [3.05, 3.63) is 0 Å². The number of phosphoric ester groups is 1. The molecule has 0 heterocycles. The second-order valence-corrected chi connectivity index (χ2v) is 3.67. The summed E-state index contributed by atoms with van der Waals surface area (Å²) in [6, 6.07) is 0. The quantitative estimate of drug-likeness (QED) is 0.520. The molecule has 10 heteroatoms. The summed E-state index contributed by atoms with van der Waals surface area (Å²) in [6.45, 7) is 0.821. The van der Waals surface area contributed by atoms with Crippen molar-refractivity contribution < 1.29 is 40.4 Å². The summed E-state index contributed by atoms with van der Waals surface area (Å²) in [5.41, 5.74) is 0. The number of hydrogen-bond acceptors (Lipinski definition) is 4. The van der Waals surface area contributed by atoms with E-state index in [0.29, 0.717) is 0 Å². The minimum absolute atomic E-state index is 0.403. The van der Waals surface area contributed by atoms with Gasteiger partial charge in [0.2, 0.25) is 12.5 Å². The molecule has 92 valence electrons. The molecule has 0 rings (SSSR count). The van der Waals surface area contributed by atoms with E-state index in [1.165, 1.54) is 6.92 Å². The third-order valence-corrected chi connectivity index (χ3v) is 2.30. The van der Waals surface area contributed by atoms with Crippen LogP contribution in [0.3, 0.4) is 0 Å². The average Bonchev–Trinajstić information content (AvgIpc) is 2.16. The smallest absolute Gasteiger partial charge is 0.285 e. The van der Waals surface area contributed by atoms with E-state index >= 15 is 0 Å². The Balaban J connectivity index is 4.36. The number of hydrogen-bond donors (Lipinski definition) is 0. The zero-order chi connectivity index (χ0) is 12.1. The van der Waals surface area contributed by atoms with Gasteiger partial charge in [0.1, 0.15) is 0 Å². The zero-order valence-electron chi connectivity index (χ0n) is 7.41. The minimum atomic E-state index is -4.96. The molecule has 0 N–H and O–H groups in total. The Hall–Kier alpha value is -0.240. The Morgan fingerprint density at radius 2 is 1.80 bits per heavy atom. The van der Waals surface area contributed by atoms with Gasteiger partial charge in [-0.2, -0.15) is 0 Å². The molecule has 4 nitrogen and oxygen atoms in total. The molecule has 0 fully saturated rings. The van der Waals surface area contributed by atoms with Crippen LogP contribution in [0.1, 0.15) is 6.92 Å². The molecule has 0 aliphatic carbocycles. The van der Waals surface area contributed by atoms with Crippen LogP contribution in [0.4, 0.5) is 22.1 Å². The summed E-state index contributed by atoms with van der Waals surface area (Å²) < 4.78 is 80.3. The SMILES string of the molecule is CCOP(=O)(OF)OC(F)C(F)C(F)F.